The average Bonchev–Trinajstić information content (AvgIpc) is 2.96. The fourth-order valence-corrected chi connectivity index (χ4v) is 3.05. The van der Waals surface area contributed by atoms with Crippen LogP contribution in [-0.2, 0) is 16.1 Å². The van der Waals surface area contributed by atoms with Crippen LogP contribution in [-0.4, -0.2) is 30.1 Å². The fourth-order valence-electron chi connectivity index (χ4n) is 1.95. The number of carbonyl (C=O) groups excluding carboxylic acids is 1. The molecule has 2 heterocycles. The predicted molar refractivity (Wildman–Crippen MR) is 69.4 cm³/mol. The van der Waals surface area contributed by atoms with Crippen LogP contribution in [0.2, 0.25) is 4.34 Å². The van der Waals surface area contributed by atoms with E-state index in [1.165, 1.54) is 11.3 Å². The largest absolute Gasteiger partial charge is 0.368 e. The molecule has 1 aliphatic rings. The summed E-state index contributed by atoms with van der Waals surface area (Å²) in [6.45, 7) is 4.03. The molecule has 0 bridgehead atoms. The van der Waals surface area contributed by atoms with Gasteiger partial charge in [-0.15, -0.1) is 11.3 Å². The Balaban J connectivity index is 1.98. The lowest BCUT2D eigenvalue weighted by atomic mass is 10.2. The van der Waals surface area contributed by atoms with Crippen molar-refractivity contribution in [2.45, 2.75) is 32.4 Å². The first-order valence-electron chi connectivity index (χ1n) is 5.85. The van der Waals surface area contributed by atoms with Crippen molar-refractivity contribution in [1.29, 1.82) is 0 Å². The van der Waals surface area contributed by atoms with Gasteiger partial charge < -0.3 is 9.64 Å². The first-order chi connectivity index (χ1) is 8.20. The van der Waals surface area contributed by atoms with Gasteiger partial charge in [0.25, 0.3) is 5.91 Å². The maximum Gasteiger partial charge on any atom is 0.252 e. The molecule has 5 heteroatoms. The summed E-state index contributed by atoms with van der Waals surface area (Å²) in [5, 5.41) is 0. The van der Waals surface area contributed by atoms with Gasteiger partial charge in [-0.1, -0.05) is 11.6 Å². The van der Waals surface area contributed by atoms with Gasteiger partial charge >= 0.3 is 0 Å². The molecule has 0 aliphatic carbocycles. The Morgan fingerprint density at radius 1 is 1.65 bits per heavy atom. The van der Waals surface area contributed by atoms with Crippen LogP contribution in [0, 0.1) is 0 Å². The van der Waals surface area contributed by atoms with E-state index in [1.807, 2.05) is 24.0 Å². The quantitative estimate of drug-likeness (QED) is 0.844. The first-order valence-corrected chi connectivity index (χ1v) is 7.04. The van der Waals surface area contributed by atoms with Crippen molar-refractivity contribution in [1.82, 2.24) is 4.90 Å². The molecule has 0 saturated carbocycles. The van der Waals surface area contributed by atoms with Crippen LogP contribution < -0.4 is 0 Å². The Labute approximate surface area is 110 Å². The minimum absolute atomic E-state index is 0.106. The van der Waals surface area contributed by atoms with Gasteiger partial charge in [0.1, 0.15) is 6.10 Å². The molecule has 17 heavy (non-hydrogen) atoms. The van der Waals surface area contributed by atoms with Crippen molar-refractivity contribution in [3.8, 4) is 0 Å². The van der Waals surface area contributed by atoms with Crippen molar-refractivity contribution in [3.63, 3.8) is 0 Å². The maximum absolute atomic E-state index is 12.2. The number of halogens is 1. The highest BCUT2D eigenvalue weighted by Gasteiger charge is 2.27. The van der Waals surface area contributed by atoms with Crippen LogP contribution in [0.3, 0.4) is 0 Å². The van der Waals surface area contributed by atoms with Crippen LogP contribution in [0.4, 0.5) is 0 Å². The zero-order valence-electron chi connectivity index (χ0n) is 9.82. The van der Waals surface area contributed by atoms with Gasteiger partial charge in [-0.25, -0.2) is 0 Å². The number of thiophene rings is 1. The third-order valence-electron chi connectivity index (χ3n) is 2.87. The van der Waals surface area contributed by atoms with Gasteiger partial charge in [0.05, 0.1) is 10.9 Å². The van der Waals surface area contributed by atoms with E-state index in [-0.39, 0.29) is 12.0 Å². The van der Waals surface area contributed by atoms with E-state index in [4.69, 9.17) is 16.3 Å². The third-order valence-corrected chi connectivity index (χ3v) is 4.09. The molecular formula is C12H16ClNO2S. The van der Waals surface area contributed by atoms with Crippen molar-refractivity contribution >= 4 is 28.8 Å². The number of hydrogen-bond acceptors (Lipinski definition) is 3. The molecule has 1 saturated heterocycles. The highest BCUT2D eigenvalue weighted by atomic mass is 35.5. The summed E-state index contributed by atoms with van der Waals surface area (Å²) in [5.74, 6) is 0.106. The summed E-state index contributed by atoms with van der Waals surface area (Å²) < 4.78 is 6.19. The molecular weight excluding hydrogens is 258 g/mol. The van der Waals surface area contributed by atoms with Gasteiger partial charge in [0.15, 0.2) is 0 Å². The Hall–Kier alpha value is -0.580. The van der Waals surface area contributed by atoms with Crippen LogP contribution >= 0.6 is 22.9 Å². The highest BCUT2D eigenvalue weighted by molar-refractivity contribution is 7.16. The normalized spacial score (nSPS) is 19.5. The molecule has 1 unspecified atom stereocenters. The first kappa shape index (κ1) is 12.9. The topological polar surface area (TPSA) is 29.5 Å². The van der Waals surface area contributed by atoms with E-state index in [0.717, 1.165) is 22.1 Å². The van der Waals surface area contributed by atoms with E-state index >= 15 is 0 Å². The van der Waals surface area contributed by atoms with Crippen molar-refractivity contribution in [2.24, 2.45) is 0 Å². The number of rotatable bonds is 4. The lowest BCUT2D eigenvalue weighted by molar-refractivity contribution is -0.141. The van der Waals surface area contributed by atoms with E-state index < -0.39 is 0 Å². The minimum atomic E-state index is -0.231. The summed E-state index contributed by atoms with van der Waals surface area (Å²) in [6.07, 6.45) is 1.60. The number of amides is 1. The third kappa shape index (κ3) is 3.21. The molecule has 0 N–H and O–H groups in total. The van der Waals surface area contributed by atoms with Crippen LogP contribution in [0.25, 0.3) is 0 Å². The second kappa shape index (κ2) is 5.85. The number of nitrogens with zero attached hydrogens (tertiary/aromatic N) is 1. The molecule has 0 spiro atoms. The lowest BCUT2D eigenvalue weighted by Crippen LogP contribution is -2.38. The van der Waals surface area contributed by atoms with Gasteiger partial charge in [-0.2, -0.15) is 0 Å². The summed E-state index contributed by atoms with van der Waals surface area (Å²) >= 11 is 7.41. The number of hydrogen-bond donors (Lipinski definition) is 0. The summed E-state index contributed by atoms with van der Waals surface area (Å²) in [4.78, 5) is 15.1. The van der Waals surface area contributed by atoms with Gasteiger partial charge in [0, 0.05) is 18.0 Å². The predicted octanol–water partition coefficient (Wildman–Crippen LogP) is 2.93. The van der Waals surface area contributed by atoms with Crippen molar-refractivity contribution in [2.75, 3.05) is 13.2 Å². The molecule has 3 nitrogen and oxygen atoms in total. The molecule has 1 amide bonds. The number of ether oxygens (including phenoxy) is 1. The molecule has 1 atom stereocenters. The molecule has 1 aromatic rings. The molecule has 1 fully saturated rings. The number of carbonyl (C=O) groups is 1. The van der Waals surface area contributed by atoms with Gasteiger partial charge in [0.2, 0.25) is 0 Å². The van der Waals surface area contributed by atoms with E-state index in [2.05, 4.69) is 0 Å². The zero-order chi connectivity index (χ0) is 12.3. The molecule has 0 aromatic carbocycles. The van der Waals surface area contributed by atoms with Crippen LogP contribution in [0.1, 0.15) is 24.6 Å². The van der Waals surface area contributed by atoms with Crippen LogP contribution in [0.5, 0.6) is 0 Å². The Kier molecular flexibility index (Phi) is 4.42. The summed E-state index contributed by atoms with van der Waals surface area (Å²) in [7, 11) is 0. The number of likely N-dealkylation sites (N-methyl/N-ethyl adjacent to an activating group) is 1. The Bertz CT molecular complexity index is 388. The molecule has 0 radical (unpaired) electrons. The molecule has 94 valence electrons. The van der Waals surface area contributed by atoms with Crippen LogP contribution in [0.15, 0.2) is 12.1 Å². The molecule has 1 aliphatic heterocycles. The smallest absolute Gasteiger partial charge is 0.252 e. The molecule has 2 rings (SSSR count). The monoisotopic (exact) mass is 273 g/mol. The SMILES string of the molecule is CCN(Cc1ccc(Cl)s1)C(=O)C1CCCO1. The van der Waals surface area contributed by atoms with E-state index in [1.54, 1.807) is 0 Å². The van der Waals surface area contributed by atoms with Crippen molar-refractivity contribution in [3.05, 3.63) is 21.3 Å². The minimum Gasteiger partial charge on any atom is -0.368 e. The van der Waals surface area contributed by atoms with E-state index in [9.17, 15) is 4.79 Å². The summed E-state index contributed by atoms with van der Waals surface area (Å²) in [6, 6.07) is 3.84. The lowest BCUT2D eigenvalue weighted by Gasteiger charge is -2.23. The zero-order valence-corrected chi connectivity index (χ0v) is 11.4. The second-order valence-electron chi connectivity index (χ2n) is 4.06. The second-order valence-corrected chi connectivity index (χ2v) is 5.86. The van der Waals surface area contributed by atoms with E-state index in [0.29, 0.717) is 19.7 Å². The van der Waals surface area contributed by atoms with Crippen molar-refractivity contribution < 1.29 is 9.53 Å². The van der Waals surface area contributed by atoms with Gasteiger partial charge in [-0.3, -0.25) is 4.79 Å². The molecule has 1 aromatic heterocycles. The fraction of sp³-hybridized carbons (Fsp3) is 0.583. The van der Waals surface area contributed by atoms with Gasteiger partial charge in [-0.05, 0) is 31.9 Å². The Morgan fingerprint density at radius 2 is 2.47 bits per heavy atom. The Morgan fingerprint density at radius 3 is 3.00 bits per heavy atom. The highest BCUT2D eigenvalue weighted by Crippen LogP contribution is 2.23. The maximum atomic E-state index is 12.2. The average molecular weight is 274 g/mol. The summed E-state index contributed by atoms with van der Waals surface area (Å²) in [5.41, 5.74) is 0. The standard InChI is InChI=1S/C12H16ClNO2S/c1-2-14(8-9-5-6-11(13)17-9)12(15)10-4-3-7-16-10/h5-6,10H,2-4,7-8H2,1H3.